The summed E-state index contributed by atoms with van der Waals surface area (Å²) in [5, 5.41) is 1.32. The fraction of sp³-hybridized carbons (Fsp3) is 0.250. The predicted octanol–water partition coefficient (Wildman–Crippen LogP) is 10.2. The van der Waals surface area contributed by atoms with Crippen LogP contribution in [0.2, 0.25) is 10.0 Å². The number of hydrogen-bond donors (Lipinski definition) is 0. The average Bonchev–Trinajstić information content (AvgIpc) is 3.63. The van der Waals surface area contributed by atoms with E-state index < -0.39 is 5.41 Å². The lowest BCUT2D eigenvalue weighted by atomic mass is 9.73. The third kappa shape index (κ3) is 6.51. The van der Waals surface area contributed by atoms with Gasteiger partial charge in [-0.05, 0) is 109 Å². The summed E-state index contributed by atoms with van der Waals surface area (Å²) in [5.41, 5.74) is 1.70. The van der Waals surface area contributed by atoms with Crippen LogP contribution in [0.3, 0.4) is 0 Å². The molecule has 0 spiro atoms. The van der Waals surface area contributed by atoms with E-state index in [0.29, 0.717) is 46.2 Å². The second-order valence-electron chi connectivity index (χ2n) is 11.3. The zero-order chi connectivity index (χ0) is 29.1. The van der Waals surface area contributed by atoms with Crippen LogP contribution >= 0.6 is 23.2 Å². The van der Waals surface area contributed by atoms with Crippen molar-refractivity contribution in [2.75, 3.05) is 0 Å². The van der Waals surface area contributed by atoms with Gasteiger partial charge in [-0.25, -0.2) is 0 Å². The van der Waals surface area contributed by atoms with Gasteiger partial charge in [-0.2, -0.15) is 0 Å². The number of hydrogen-bond acceptors (Lipinski definition) is 4. The molecule has 0 radical (unpaired) electrons. The lowest BCUT2D eigenvalue weighted by Gasteiger charge is -2.31. The Morgan fingerprint density at radius 2 is 1.14 bits per heavy atom. The van der Waals surface area contributed by atoms with E-state index in [0.717, 1.165) is 35.5 Å². The van der Waals surface area contributed by atoms with Crippen LogP contribution in [0.1, 0.15) is 43.7 Å². The third-order valence-electron chi connectivity index (χ3n) is 8.41. The zero-order valence-electron chi connectivity index (χ0n) is 23.3. The highest BCUT2D eigenvalue weighted by molar-refractivity contribution is 6.30. The van der Waals surface area contributed by atoms with Crippen LogP contribution < -0.4 is 9.47 Å². The van der Waals surface area contributed by atoms with Gasteiger partial charge in [-0.3, -0.25) is 4.79 Å². The van der Waals surface area contributed by atoms with E-state index in [2.05, 4.69) is 43.3 Å². The van der Waals surface area contributed by atoms with Crippen molar-refractivity contribution in [3.63, 3.8) is 0 Å². The first-order valence-electron chi connectivity index (χ1n) is 14.3. The minimum atomic E-state index is -0.453. The van der Waals surface area contributed by atoms with Crippen LogP contribution in [0, 0.1) is 11.8 Å². The Balaban J connectivity index is 1.20. The van der Waals surface area contributed by atoms with Gasteiger partial charge in [0.2, 0.25) is 0 Å². The molecule has 0 heterocycles. The molecule has 1 fully saturated rings. The van der Waals surface area contributed by atoms with Crippen molar-refractivity contribution in [3.05, 3.63) is 130 Å². The highest BCUT2D eigenvalue weighted by Gasteiger charge is 2.38. The maximum atomic E-state index is 13.0. The minimum absolute atomic E-state index is 0.00681. The standard InChI is InChI=1S/C36H32Cl2O4/c1-36(21-20-35(39)42-34-23-24-2-3-25(34)22-24,26-4-12-30(13-5-26)40-32-16-8-28(37)9-17-32)27-6-14-31(15-7-27)41-33-18-10-29(38)11-19-33/h2-19,24-25,34H,20-23H2,1H3. The van der Waals surface area contributed by atoms with E-state index in [4.69, 9.17) is 37.4 Å². The Labute approximate surface area is 256 Å². The normalized spacial score (nSPS) is 19.1. The molecule has 2 aliphatic rings. The molecular weight excluding hydrogens is 567 g/mol. The van der Waals surface area contributed by atoms with Crippen LogP contribution in [0.25, 0.3) is 0 Å². The van der Waals surface area contributed by atoms with Crippen LogP contribution in [0.5, 0.6) is 23.0 Å². The van der Waals surface area contributed by atoms with Gasteiger partial charge in [0.05, 0.1) is 0 Å². The van der Waals surface area contributed by atoms with E-state index in [1.54, 1.807) is 24.3 Å². The molecule has 42 heavy (non-hydrogen) atoms. The fourth-order valence-electron chi connectivity index (χ4n) is 5.96. The van der Waals surface area contributed by atoms with Gasteiger partial charge < -0.3 is 14.2 Å². The molecule has 0 aliphatic heterocycles. The first kappa shape index (κ1) is 28.4. The second kappa shape index (κ2) is 12.2. The molecule has 6 rings (SSSR count). The fourth-order valence-corrected chi connectivity index (χ4v) is 6.21. The maximum absolute atomic E-state index is 13.0. The zero-order valence-corrected chi connectivity index (χ0v) is 24.9. The van der Waals surface area contributed by atoms with Crippen molar-refractivity contribution in [2.24, 2.45) is 11.8 Å². The molecule has 0 aromatic heterocycles. The Morgan fingerprint density at radius 3 is 1.55 bits per heavy atom. The van der Waals surface area contributed by atoms with Crippen molar-refractivity contribution >= 4 is 29.2 Å². The van der Waals surface area contributed by atoms with Crippen molar-refractivity contribution in [3.8, 4) is 23.0 Å². The first-order chi connectivity index (χ1) is 20.3. The Kier molecular flexibility index (Phi) is 8.28. The molecule has 4 aromatic carbocycles. The van der Waals surface area contributed by atoms with Gasteiger partial charge >= 0.3 is 5.97 Å². The maximum Gasteiger partial charge on any atom is 0.306 e. The SMILES string of the molecule is CC(CCC(=O)OC1CC2C=CC1C2)(c1ccc(Oc2ccc(Cl)cc2)cc1)c1ccc(Oc2ccc(Cl)cc2)cc1. The first-order valence-corrected chi connectivity index (χ1v) is 15.1. The summed E-state index contributed by atoms with van der Waals surface area (Å²) >= 11 is 12.0. The number of benzene rings is 4. The summed E-state index contributed by atoms with van der Waals surface area (Å²) in [6, 6.07) is 30.7. The smallest absolute Gasteiger partial charge is 0.306 e. The molecule has 2 bridgehead atoms. The lowest BCUT2D eigenvalue weighted by Crippen LogP contribution is -2.27. The average molecular weight is 600 g/mol. The highest BCUT2D eigenvalue weighted by Crippen LogP contribution is 2.42. The number of halogens is 2. The van der Waals surface area contributed by atoms with E-state index in [1.807, 2.05) is 48.5 Å². The van der Waals surface area contributed by atoms with Crippen LogP contribution in [0.15, 0.2) is 109 Å². The molecule has 0 N–H and O–H groups in total. The number of carbonyl (C=O) groups is 1. The quantitative estimate of drug-likeness (QED) is 0.134. The largest absolute Gasteiger partial charge is 0.462 e. The summed E-state index contributed by atoms with van der Waals surface area (Å²) in [6.07, 6.45) is 7.42. The Bertz CT molecular complexity index is 1450. The van der Waals surface area contributed by atoms with Crippen molar-refractivity contribution in [1.82, 2.24) is 0 Å². The number of ether oxygens (including phenoxy) is 3. The van der Waals surface area contributed by atoms with Gasteiger partial charge in [0.15, 0.2) is 0 Å². The van der Waals surface area contributed by atoms with Gasteiger partial charge in [-0.15, -0.1) is 0 Å². The molecular formula is C36H32Cl2O4. The summed E-state index contributed by atoms with van der Waals surface area (Å²) < 4.78 is 18.0. The number of fused-ring (bicyclic) bond motifs is 2. The molecule has 1 saturated carbocycles. The Morgan fingerprint density at radius 1 is 0.690 bits per heavy atom. The van der Waals surface area contributed by atoms with Crippen molar-refractivity contribution in [2.45, 2.75) is 44.1 Å². The molecule has 2 aliphatic carbocycles. The summed E-state index contributed by atoms with van der Waals surface area (Å²) in [6.45, 7) is 2.17. The van der Waals surface area contributed by atoms with Crippen molar-refractivity contribution in [1.29, 1.82) is 0 Å². The second-order valence-corrected chi connectivity index (χ2v) is 12.2. The van der Waals surface area contributed by atoms with Crippen LogP contribution in [-0.2, 0) is 14.9 Å². The molecule has 4 aromatic rings. The summed E-state index contributed by atoms with van der Waals surface area (Å²) in [7, 11) is 0. The lowest BCUT2D eigenvalue weighted by molar-refractivity contribution is -0.150. The number of carbonyl (C=O) groups excluding carboxylic acids is 1. The van der Waals surface area contributed by atoms with E-state index in [1.165, 1.54) is 0 Å². The topological polar surface area (TPSA) is 44.8 Å². The molecule has 214 valence electrons. The monoisotopic (exact) mass is 598 g/mol. The highest BCUT2D eigenvalue weighted by atomic mass is 35.5. The van der Waals surface area contributed by atoms with E-state index >= 15 is 0 Å². The minimum Gasteiger partial charge on any atom is -0.462 e. The third-order valence-corrected chi connectivity index (χ3v) is 8.92. The van der Waals surface area contributed by atoms with E-state index in [-0.39, 0.29) is 12.1 Å². The number of allylic oxidation sites excluding steroid dienone is 1. The van der Waals surface area contributed by atoms with Crippen LogP contribution in [-0.4, -0.2) is 12.1 Å². The molecule has 3 unspecified atom stereocenters. The molecule has 3 atom stereocenters. The van der Waals surface area contributed by atoms with Gasteiger partial charge in [0.25, 0.3) is 0 Å². The molecule has 0 amide bonds. The van der Waals surface area contributed by atoms with Crippen molar-refractivity contribution < 1.29 is 19.0 Å². The Hall–Kier alpha value is -3.73. The molecule has 6 heteroatoms. The summed E-state index contributed by atoms with van der Waals surface area (Å²) in [5.74, 6) is 3.65. The summed E-state index contributed by atoms with van der Waals surface area (Å²) in [4.78, 5) is 13.0. The van der Waals surface area contributed by atoms with E-state index in [9.17, 15) is 4.79 Å². The molecule has 4 nitrogen and oxygen atoms in total. The molecule has 0 saturated heterocycles. The number of rotatable bonds is 10. The van der Waals surface area contributed by atoms with Gasteiger partial charge in [-0.1, -0.05) is 66.5 Å². The van der Waals surface area contributed by atoms with Crippen LogP contribution in [0.4, 0.5) is 0 Å². The van der Waals surface area contributed by atoms with Gasteiger partial charge in [0.1, 0.15) is 29.1 Å². The number of esters is 1. The van der Waals surface area contributed by atoms with Gasteiger partial charge in [0, 0.05) is 27.8 Å². The predicted molar refractivity (Wildman–Crippen MR) is 167 cm³/mol.